The smallest absolute Gasteiger partial charge is 0.437 e. The summed E-state index contributed by atoms with van der Waals surface area (Å²) in [5, 5.41) is 34.0. The van der Waals surface area contributed by atoms with Crippen molar-refractivity contribution in [2.75, 3.05) is 34.8 Å². The Kier molecular flexibility index (Phi) is 20.1. The topological polar surface area (TPSA) is 255 Å². The number of alkyl halides is 6. The van der Waals surface area contributed by atoms with E-state index in [2.05, 4.69) is 36.9 Å². The van der Waals surface area contributed by atoms with Crippen LogP contribution in [0.2, 0.25) is 0 Å². The van der Waals surface area contributed by atoms with Gasteiger partial charge >= 0.3 is 36.7 Å². The Morgan fingerprint density at radius 2 is 1.27 bits per heavy atom. The van der Waals surface area contributed by atoms with Crippen LogP contribution in [0.4, 0.5) is 68.3 Å². The summed E-state index contributed by atoms with van der Waals surface area (Å²) in [6.45, 7) is 14.6. The summed E-state index contributed by atoms with van der Waals surface area (Å²) in [5.41, 5.74) is -6.79. The molecule has 0 heterocycles. The molecule has 70 heavy (non-hydrogen) atoms. The van der Waals surface area contributed by atoms with Crippen LogP contribution in [0.5, 0.6) is 11.5 Å². The van der Waals surface area contributed by atoms with Gasteiger partial charge in [0.15, 0.2) is 5.69 Å². The second kappa shape index (κ2) is 24.4. The van der Waals surface area contributed by atoms with Crippen molar-refractivity contribution >= 4 is 70.7 Å². The average molecular weight is 1020 g/mol. The fourth-order valence-corrected chi connectivity index (χ4v) is 6.41. The number of alkyl carbamates (subject to hydrolysis) is 2. The molecule has 1 atom stereocenters. The number of anilines is 3. The van der Waals surface area contributed by atoms with E-state index in [-0.39, 0.29) is 66.1 Å². The van der Waals surface area contributed by atoms with Gasteiger partial charge in [0.1, 0.15) is 28.3 Å². The molecule has 19 nitrogen and oxygen atoms in total. The summed E-state index contributed by atoms with van der Waals surface area (Å²) in [7, 11) is 0. The molecular formula is C44H56F6N8O11S. The minimum atomic E-state index is -5.00. The lowest BCUT2D eigenvalue weighted by molar-refractivity contribution is -0.991. The largest absolute Gasteiger partial charge is 0.595 e. The monoisotopic (exact) mass is 1020 g/mol. The molecule has 0 aliphatic rings. The molecule has 3 aromatic carbocycles. The lowest BCUT2D eigenvalue weighted by atomic mass is 10.1. The summed E-state index contributed by atoms with van der Waals surface area (Å²) >= 11 is 0.862. The van der Waals surface area contributed by atoms with E-state index in [0.29, 0.717) is 24.3 Å². The molecule has 0 aliphatic carbocycles. The maximum atomic E-state index is 14.4. The van der Waals surface area contributed by atoms with E-state index in [9.17, 15) is 60.7 Å². The Labute approximate surface area is 403 Å². The van der Waals surface area contributed by atoms with Gasteiger partial charge in [0.2, 0.25) is 11.9 Å². The van der Waals surface area contributed by atoms with Gasteiger partial charge in [-0.25, -0.2) is 24.4 Å². The van der Waals surface area contributed by atoms with E-state index < -0.39 is 92.9 Å². The van der Waals surface area contributed by atoms with Crippen LogP contribution < -0.4 is 41.9 Å². The first-order chi connectivity index (χ1) is 32.2. The molecule has 8 N–H and O–H groups in total. The lowest BCUT2D eigenvalue weighted by Crippen LogP contribution is -2.99. The summed E-state index contributed by atoms with van der Waals surface area (Å²) in [5.74, 6) is -1.73. The molecule has 6 amide bonds. The number of amides is 6. The van der Waals surface area contributed by atoms with E-state index in [1.165, 1.54) is 18.2 Å². The minimum Gasteiger partial charge on any atom is -0.595 e. The summed E-state index contributed by atoms with van der Waals surface area (Å²) in [6, 6.07) is 7.09. The number of aliphatic imine (C=N–C) groups is 1. The number of guanidine groups is 1. The third kappa shape index (κ3) is 21.8. The highest BCUT2D eigenvalue weighted by Gasteiger charge is 2.34. The number of ether oxygens (including phenoxy) is 4. The van der Waals surface area contributed by atoms with Crippen molar-refractivity contribution < 1.29 is 79.7 Å². The summed E-state index contributed by atoms with van der Waals surface area (Å²) in [6.07, 6.45) is -12.6. The predicted octanol–water partition coefficient (Wildman–Crippen LogP) is 9.69. The van der Waals surface area contributed by atoms with Crippen LogP contribution >= 0.6 is 11.8 Å². The number of hydrogen-bond donors (Lipinski definition) is 8. The third-order valence-electron chi connectivity index (χ3n) is 8.10. The van der Waals surface area contributed by atoms with Gasteiger partial charge < -0.3 is 50.7 Å². The molecule has 3 rings (SSSR count). The lowest BCUT2D eigenvalue weighted by Gasteiger charge is -2.21. The highest BCUT2D eigenvalue weighted by atomic mass is 32.2. The second-order valence-corrected chi connectivity index (χ2v) is 19.0. The van der Waals surface area contributed by atoms with Crippen LogP contribution in [0, 0.1) is 5.21 Å². The van der Waals surface area contributed by atoms with Gasteiger partial charge in [-0.3, -0.25) is 10.1 Å². The van der Waals surface area contributed by atoms with Crippen LogP contribution in [0.1, 0.15) is 92.7 Å². The van der Waals surface area contributed by atoms with Gasteiger partial charge in [-0.15, -0.1) is 16.8 Å². The normalized spacial score (nSPS) is 12.8. The molecule has 0 bridgehead atoms. The average Bonchev–Trinajstić information content (AvgIpc) is 3.17. The third-order valence-corrected chi connectivity index (χ3v) is 9.24. The van der Waals surface area contributed by atoms with Crippen molar-refractivity contribution in [1.82, 2.24) is 16.0 Å². The Balaban J connectivity index is 1.86. The molecule has 0 aliphatic heterocycles. The zero-order chi connectivity index (χ0) is 52.8. The first-order valence-corrected chi connectivity index (χ1v) is 22.2. The molecule has 3 aromatic rings. The number of urea groups is 1. The fraction of sp³-hybridized carbons (Fsp3) is 0.455. The number of thioether (sulfide) groups is 1. The zero-order valence-corrected chi connectivity index (χ0v) is 40.4. The van der Waals surface area contributed by atoms with Gasteiger partial charge in [0.05, 0.1) is 27.4 Å². The molecule has 0 fully saturated rings. The van der Waals surface area contributed by atoms with Crippen molar-refractivity contribution in [3.05, 3.63) is 70.9 Å². The first-order valence-electron chi connectivity index (χ1n) is 21.2. The number of halogens is 6. The quantitative estimate of drug-likeness (QED) is 0.0134. The van der Waals surface area contributed by atoms with Crippen molar-refractivity contribution in [1.29, 1.82) is 0 Å². The van der Waals surface area contributed by atoms with Crippen LogP contribution in [0.25, 0.3) is 0 Å². The van der Waals surface area contributed by atoms with Crippen LogP contribution in [-0.2, 0) is 31.4 Å². The maximum absolute atomic E-state index is 14.4. The number of hydrogen-bond acceptors (Lipinski definition) is 12. The van der Waals surface area contributed by atoms with Gasteiger partial charge in [-0.05, 0) is 105 Å². The number of nitrogens with one attached hydrogen (secondary N) is 7. The van der Waals surface area contributed by atoms with E-state index in [0.717, 1.165) is 23.9 Å². The van der Waals surface area contributed by atoms with E-state index in [1.54, 1.807) is 62.3 Å². The van der Waals surface area contributed by atoms with Gasteiger partial charge in [0, 0.05) is 49.1 Å². The van der Waals surface area contributed by atoms with E-state index >= 15 is 0 Å². The van der Waals surface area contributed by atoms with Crippen molar-refractivity contribution in [3.63, 3.8) is 0 Å². The molecule has 0 spiro atoms. The molecule has 0 saturated carbocycles. The highest BCUT2D eigenvalue weighted by Crippen LogP contribution is 2.41. The molecule has 0 saturated heterocycles. The maximum Gasteiger partial charge on any atom is 0.437 e. The van der Waals surface area contributed by atoms with Crippen molar-refractivity contribution in [2.45, 2.75) is 116 Å². The first kappa shape index (κ1) is 57.8. The number of carbonyl (C=O) groups is 5. The Morgan fingerprint density at radius 1 is 0.686 bits per heavy atom. The van der Waals surface area contributed by atoms with E-state index in [1.807, 2.05) is 0 Å². The number of quaternary nitrogens is 1. The number of carbonyl (C=O) groups excluding carboxylic acids is 5. The molecule has 0 aromatic heterocycles. The van der Waals surface area contributed by atoms with Crippen LogP contribution in [0.15, 0.2) is 64.5 Å². The van der Waals surface area contributed by atoms with Gasteiger partial charge in [-0.2, -0.15) is 31.6 Å². The van der Waals surface area contributed by atoms with Crippen molar-refractivity contribution in [2.24, 2.45) is 4.99 Å². The molecule has 26 heteroatoms. The van der Waals surface area contributed by atoms with E-state index in [4.69, 9.17) is 18.9 Å². The molecule has 1 unspecified atom stereocenters. The Bertz CT molecular complexity index is 2360. The number of unbranched alkanes of at least 4 members (excludes halogenated alkanes) is 1. The molecular weight excluding hydrogens is 963 g/mol. The Hall–Kier alpha value is -6.51. The van der Waals surface area contributed by atoms with Crippen molar-refractivity contribution in [3.8, 4) is 11.5 Å². The fourth-order valence-electron chi connectivity index (χ4n) is 5.48. The van der Waals surface area contributed by atoms with Crippen LogP contribution in [-0.4, -0.2) is 77.0 Å². The SMILES string of the molecule is CC(C)(C)OC(=O)N=C(NCCCCC(=O)Nc1cc(C(F)(F)F)cc(NC(=O)Nc2cccc(Oc3cc([NH+]([O-])O)cc(C(F)(F)F)c3)c2)c1SCCNC(=O)OC(C)(C)C)NC(=O)OC(C)(C)C. The number of benzene rings is 3. The molecule has 0 radical (unpaired) electrons. The standard InChI is InChI=1S/C44H56F6N8O11S/c1-40(2,3)67-37(61)52-17-18-70-34-31(54-33(59)15-10-11-16-51-35(56-38(62)68-41(4,5)6)57-39(63)69-42(7,8)9)21-26(44(48,49)50)22-32(34)55-36(60)53-27-13-12-14-29(23-27)66-30-20-25(43(45,46)47)19-28(24-30)58(64)65/h12-14,19-24,58,64H,10-11,15-18H2,1-9H3,(H,52,61)(H,54,59)(H2,53,55,60)(H2,51,56,57,62,63). The predicted molar refractivity (Wildman–Crippen MR) is 246 cm³/mol. The van der Waals surface area contributed by atoms with Gasteiger partial charge in [0.25, 0.3) is 0 Å². The van der Waals surface area contributed by atoms with Gasteiger partial charge in [-0.1, -0.05) is 6.07 Å². The van der Waals surface area contributed by atoms with Crippen LogP contribution in [0.3, 0.4) is 0 Å². The Morgan fingerprint density at radius 3 is 1.86 bits per heavy atom. The molecule has 386 valence electrons. The zero-order valence-electron chi connectivity index (χ0n) is 39.6. The number of rotatable bonds is 15. The highest BCUT2D eigenvalue weighted by molar-refractivity contribution is 7.99. The number of nitrogens with zero attached hydrogens (tertiary/aromatic N) is 1. The summed E-state index contributed by atoms with van der Waals surface area (Å²) in [4.78, 5) is 67.6. The second-order valence-electron chi connectivity index (χ2n) is 17.9. The summed E-state index contributed by atoms with van der Waals surface area (Å²) < 4.78 is 105. The minimum absolute atomic E-state index is 0.0154.